The maximum Gasteiger partial charge on any atom is 0.243 e. The van der Waals surface area contributed by atoms with E-state index >= 15 is 0 Å². The average molecular weight is 500 g/mol. The number of methoxy groups -OCH3 is 1. The Morgan fingerprint density at radius 3 is 2.37 bits per heavy atom. The van der Waals surface area contributed by atoms with Crippen molar-refractivity contribution in [1.29, 1.82) is 0 Å². The molecular formula is C25H30ClN5O4. The van der Waals surface area contributed by atoms with Gasteiger partial charge < -0.3 is 25.2 Å². The number of ether oxygens (including phenoxy) is 1. The van der Waals surface area contributed by atoms with Crippen molar-refractivity contribution in [3.63, 3.8) is 0 Å². The average Bonchev–Trinajstić information content (AvgIpc) is 2.87. The Labute approximate surface area is 210 Å². The van der Waals surface area contributed by atoms with Crippen LogP contribution in [0.3, 0.4) is 0 Å². The van der Waals surface area contributed by atoms with Crippen LogP contribution in [0.2, 0.25) is 5.02 Å². The van der Waals surface area contributed by atoms with Crippen LogP contribution < -0.4 is 20.3 Å². The maximum absolute atomic E-state index is 13.2. The zero-order chi connectivity index (χ0) is 24.8. The second kappa shape index (κ2) is 11.4. The number of benzene rings is 2. The van der Waals surface area contributed by atoms with Gasteiger partial charge in [-0.1, -0.05) is 11.6 Å². The molecule has 9 nitrogen and oxygen atoms in total. The van der Waals surface area contributed by atoms with E-state index in [0.717, 1.165) is 37.6 Å². The molecule has 2 saturated heterocycles. The number of anilines is 2. The molecule has 2 aliphatic heterocycles. The van der Waals surface area contributed by atoms with Gasteiger partial charge in [-0.25, -0.2) is 0 Å². The summed E-state index contributed by atoms with van der Waals surface area (Å²) in [5.74, 6) is 0.0439. The fourth-order valence-corrected chi connectivity index (χ4v) is 4.50. The van der Waals surface area contributed by atoms with E-state index in [0.29, 0.717) is 23.8 Å². The van der Waals surface area contributed by atoms with E-state index in [4.69, 9.17) is 16.3 Å². The van der Waals surface area contributed by atoms with Crippen molar-refractivity contribution in [2.24, 2.45) is 0 Å². The van der Waals surface area contributed by atoms with Crippen LogP contribution >= 0.6 is 11.6 Å². The topological polar surface area (TPSA) is 94.2 Å². The van der Waals surface area contributed by atoms with E-state index in [1.54, 1.807) is 31.4 Å². The van der Waals surface area contributed by atoms with E-state index in [2.05, 4.69) is 20.4 Å². The van der Waals surface area contributed by atoms with Gasteiger partial charge in [-0.3, -0.25) is 19.3 Å². The molecule has 3 amide bonds. The van der Waals surface area contributed by atoms with Gasteiger partial charge in [0, 0.05) is 55.7 Å². The zero-order valence-corrected chi connectivity index (χ0v) is 20.5. The summed E-state index contributed by atoms with van der Waals surface area (Å²) in [7, 11) is 1.65. The molecule has 0 spiro atoms. The standard InChI is InChI=1S/C25H30ClN5O4/c1-35-21-8-6-20(7-9-21)30-14-12-29(13-15-30)17-24(33)31-11-10-27-25(34)22(31)16-23(32)28-19-4-2-18(26)3-5-19/h2-9,22H,10-17H2,1H3,(H,27,34)(H,28,32)/t22-/m1/s1. The van der Waals surface area contributed by atoms with E-state index in [1.165, 1.54) is 4.90 Å². The summed E-state index contributed by atoms with van der Waals surface area (Å²) in [6, 6.07) is 13.8. The second-order valence-electron chi connectivity index (χ2n) is 8.61. The third-order valence-corrected chi connectivity index (χ3v) is 6.58. The summed E-state index contributed by atoms with van der Waals surface area (Å²) in [6.45, 7) is 4.05. The van der Waals surface area contributed by atoms with Crippen molar-refractivity contribution in [3.05, 3.63) is 53.6 Å². The highest BCUT2D eigenvalue weighted by atomic mass is 35.5. The molecule has 0 unspecified atom stereocenters. The summed E-state index contributed by atoms with van der Waals surface area (Å²) >= 11 is 5.89. The lowest BCUT2D eigenvalue weighted by Gasteiger charge is -2.39. The van der Waals surface area contributed by atoms with Crippen LogP contribution in [0.5, 0.6) is 5.75 Å². The summed E-state index contributed by atoms with van der Waals surface area (Å²) in [5, 5.41) is 6.10. The summed E-state index contributed by atoms with van der Waals surface area (Å²) in [4.78, 5) is 44.2. The number of carbonyl (C=O) groups excluding carboxylic acids is 3. The minimum Gasteiger partial charge on any atom is -0.497 e. The fourth-order valence-electron chi connectivity index (χ4n) is 4.38. The SMILES string of the molecule is COc1ccc(N2CCN(CC(=O)N3CCNC(=O)[C@H]3CC(=O)Nc3ccc(Cl)cc3)CC2)cc1. The first-order valence-electron chi connectivity index (χ1n) is 11.7. The maximum atomic E-state index is 13.2. The van der Waals surface area contributed by atoms with Gasteiger partial charge in [0.25, 0.3) is 0 Å². The van der Waals surface area contributed by atoms with Crippen molar-refractivity contribution in [2.75, 3.05) is 63.1 Å². The van der Waals surface area contributed by atoms with Crippen LogP contribution in [0.4, 0.5) is 11.4 Å². The largest absolute Gasteiger partial charge is 0.497 e. The summed E-state index contributed by atoms with van der Waals surface area (Å²) < 4.78 is 5.22. The third-order valence-electron chi connectivity index (χ3n) is 6.33. The Balaban J connectivity index is 1.31. The molecule has 4 rings (SSSR count). The van der Waals surface area contributed by atoms with Crippen LogP contribution in [-0.2, 0) is 14.4 Å². The van der Waals surface area contributed by atoms with Crippen LogP contribution in [0.15, 0.2) is 48.5 Å². The van der Waals surface area contributed by atoms with Gasteiger partial charge in [-0.05, 0) is 48.5 Å². The van der Waals surface area contributed by atoms with Crippen LogP contribution in [0.1, 0.15) is 6.42 Å². The van der Waals surface area contributed by atoms with Gasteiger partial charge in [-0.15, -0.1) is 0 Å². The second-order valence-corrected chi connectivity index (χ2v) is 9.05. The van der Waals surface area contributed by atoms with Gasteiger partial charge >= 0.3 is 0 Å². The van der Waals surface area contributed by atoms with Gasteiger partial charge in [0.1, 0.15) is 11.8 Å². The number of hydrogen-bond donors (Lipinski definition) is 2. The first kappa shape index (κ1) is 24.8. The van der Waals surface area contributed by atoms with E-state index < -0.39 is 6.04 Å². The van der Waals surface area contributed by atoms with Crippen molar-refractivity contribution >= 4 is 40.7 Å². The summed E-state index contributed by atoms with van der Waals surface area (Å²) in [5.41, 5.74) is 1.71. The van der Waals surface area contributed by atoms with Gasteiger partial charge in [0.2, 0.25) is 17.7 Å². The van der Waals surface area contributed by atoms with Crippen molar-refractivity contribution in [3.8, 4) is 5.75 Å². The normalized spacial score (nSPS) is 18.7. The lowest BCUT2D eigenvalue weighted by atomic mass is 10.1. The van der Waals surface area contributed by atoms with E-state index in [1.807, 2.05) is 24.3 Å². The fraction of sp³-hybridized carbons (Fsp3) is 0.400. The van der Waals surface area contributed by atoms with Crippen molar-refractivity contribution < 1.29 is 19.1 Å². The number of nitrogens with zero attached hydrogens (tertiary/aromatic N) is 3. The number of carbonyl (C=O) groups is 3. The molecule has 0 aliphatic carbocycles. The lowest BCUT2D eigenvalue weighted by Crippen LogP contribution is -2.60. The molecule has 35 heavy (non-hydrogen) atoms. The lowest BCUT2D eigenvalue weighted by molar-refractivity contribution is -0.145. The predicted molar refractivity (Wildman–Crippen MR) is 135 cm³/mol. The number of amides is 3. The third kappa shape index (κ3) is 6.43. The molecule has 2 aromatic rings. The Hall–Kier alpha value is -3.30. The van der Waals surface area contributed by atoms with Gasteiger partial charge in [0.15, 0.2) is 0 Å². The van der Waals surface area contributed by atoms with E-state index in [9.17, 15) is 14.4 Å². The highest BCUT2D eigenvalue weighted by Crippen LogP contribution is 2.21. The molecule has 0 saturated carbocycles. The van der Waals surface area contributed by atoms with Crippen molar-refractivity contribution in [1.82, 2.24) is 15.1 Å². The van der Waals surface area contributed by atoms with Crippen LogP contribution in [-0.4, -0.2) is 86.5 Å². The molecule has 10 heteroatoms. The highest BCUT2D eigenvalue weighted by Gasteiger charge is 2.35. The first-order chi connectivity index (χ1) is 16.9. The molecule has 0 bridgehead atoms. The molecule has 2 heterocycles. The Morgan fingerprint density at radius 1 is 1.03 bits per heavy atom. The molecule has 2 fully saturated rings. The number of piperazine rings is 2. The summed E-state index contributed by atoms with van der Waals surface area (Å²) in [6.07, 6.45) is -0.106. The molecule has 2 aromatic carbocycles. The zero-order valence-electron chi connectivity index (χ0n) is 19.7. The monoisotopic (exact) mass is 499 g/mol. The number of rotatable bonds is 7. The van der Waals surface area contributed by atoms with Gasteiger partial charge in [0.05, 0.1) is 20.1 Å². The minimum absolute atomic E-state index is 0.106. The van der Waals surface area contributed by atoms with E-state index in [-0.39, 0.29) is 30.7 Å². The first-order valence-corrected chi connectivity index (χ1v) is 12.0. The Morgan fingerprint density at radius 2 is 1.71 bits per heavy atom. The molecule has 2 N–H and O–H groups in total. The molecule has 186 valence electrons. The quantitative estimate of drug-likeness (QED) is 0.603. The van der Waals surface area contributed by atoms with Gasteiger partial charge in [-0.2, -0.15) is 0 Å². The Kier molecular flexibility index (Phi) is 8.09. The molecular weight excluding hydrogens is 470 g/mol. The van der Waals surface area contributed by atoms with Crippen molar-refractivity contribution in [2.45, 2.75) is 12.5 Å². The molecule has 2 aliphatic rings. The number of nitrogens with one attached hydrogen (secondary N) is 2. The number of halogens is 1. The number of hydrogen-bond acceptors (Lipinski definition) is 6. The minimum atomic E-state index is -0.830. The molecule has 0 aromatic heterocycles. The predicted octanol–water partition coefficient (Wildman–Crippen LogP) is 1.83. The smallest absolute Gasteiger partial charge is 0.243 e. The highest BCUT2D eigenvalue weighted by molar-refractivity contribution is 6.30. The van der Waals surface area contributed by atoms with Crippen LogP contribution in [0, 0.1) is 0 Å². The molecule has 1 atom stereocenters. The molecule has 0 radical (unpaired) electrons. The van der Waals surface area contributed by atoms with Crippen LogP contribution in [0.25, 0.3) is 0 Å². The Bertz CT molecular complexity index is 1040.